The first-order valence-corrected chi connectivity index (χ1v) is 10.9. The Hall–Kier alpha value is -3.39. The molecule has 2 aliphatic rings. The van der Waals surface area contributed by atoms with Gasteiger partial charge in [-0.15, -0.1) is 0 Å². The highest BCUT2D eigenvalue weighted by Crippen LogP contribution is 2.30. The standard InChI is InChI=1S/C24H26N4O4/c1-2-32-24(31)17-7-6-14-27(16-17)21-15-22(29)28(23(21)30)20-12-10-19(11-13-20)26-25-18-8-4-3-5-9-18/h3-5,8-13,17,21H,2,6-7,14-16H2,1H3. The molecule has 8 heteroatoms. The van der Waals surface area contributed by atoms with E-state index in [0.29, 0.717) is 31.1 Å². The van der Waals surface area contributed by atoms with E-state index >= 15 is 0 Å². The largest absolute Gasteiger partial charge is 0.466 e. The van der Waals surface area contributed by atoms with Crippen LogP contribution >= 0.6 is 0 Å². The summed E-state index contributed by atoms with van der Waals surface area (Å²) in [5, 5.41) is 8.37. The van der Waals surface area contributed by atoms with Crippen LogP contribution in [0.3, 0.4) is 0 Å². The number of esters is 1. The van der Waals surface area contributed by atoms with Gasteiger partial charge < -0.3 is 4.74 Å². The van der Waals surface area contributed by atoms with E-state index in [9.17, 15) is 14.4 Å². The van der Waals surface area contributed by atoms with Crippen molar-refractivity contribution in [1.29, 1.82) is 0 Å². The Morgan fingerprint density at radius 2 is 1.72 bits per heavy atom. The van der Waals surface area contributed by atoms with Gasteiger partial charge in [0, 0.05) is 6.54 Å². The van der Waals surface area contributed by atoms with E-state index in [-0.39, 0.29) is 30.1 Å². The normalized spacial score (nSPS) is 22.0. The maximum atomic E-state index is 13.1. The van der Waals surface area contributed by atoms with Crippen LogP contribution < -0.4 is 4.90 Å². The second-order valence-electron chi connectivity index (χ2n) is 7.93. The Labute approximate surface area is 186 Å². The van der Waals surface area contributed by atoms with Crippen molar-refractivity contribution in [2.24, 2.45) is 16.1 Å². The molecular weight excluding hydrogens is 408 g/mol. The van der Waals surface area contributed by atoms with Crippen LogP contribution in [-0.4, -0.2) is 48.4 Å². The molecule has 2 saturated heterocycles. The maximum absolute atomic E-state index is 13.1. The number of carbonyl (C=O) groups excluding carboxylic acids is 3. The Morgan fingerprint density at radius 3 is 2.41 bits per heavy atom. The van der Waals surface area contributed by atoms with Crippen LogP contribution in [0.15, 0.2) is 64.8 Å². The van der Waals surface area contributed by atoms with Gasteiger partial charge in [-0.3, -0.25) is 19.3 Å². The Bertz CT molecular complexity index is 1010. The molecule has 8 nitrogen and oxygen atoms in total. The molecule has 4 rings (SSSR count). The Kier molecular flexibility index (Phi) is 6.70. The summed E-state index contributed by atoms with van der Waals surface area (Å²) in [5.74, 6) is -0.976. The minimum absolute atomic E-state index is 0.115. The van der Waals surface area contributed by atoms with E-state index in [0.717, 1.165) is 18.5 Å². The molecule has 166 valence electrons. The monoisotopic (exact) mass is 434 g/mol. The highest BCUT2D eigenvalue weighted by atomic mass is 16.5. The molecule has 0 bridgehead atoms. The van der Waals surface area contributed by atoms with Gasteiger partial charge in [0.1, 0.15) is 0 Å². The fraction of sp³-hybridized carbons (Fsp3) is 0.375. The number of likely N-dealkylation sites (tertiary alicyclic amines) is 1. The molecule has 0 N–H and O–H groups in total. The molecule has 2 aliphatic heterocycles. The summed E-state index contributed by atoms with van der Waals surface area (Å²) >= 11 is 0. The summed E-state index contributed by atoms with van der Waals surface area (Å²) in [5.41, 5.74) is 1.88. The minimum atomic E-state index is -0.544. The summed E-state index contributed by atoms with van der Waals surface area (Å²) < 4.78 is 5.15. The van der Waals surface area contributed by atoms with Gasteiger partial charge in [0.25, 0.3) is 5.91 Å². The molecule has 0 spiro atoms. The van der Waals surface area contributed by atoms with Gasteiger partial charge >= 0.3 is 5.97 Å². The molecule has 2 heterocycles. The number of nitrogens with zero attached hydrogens (tertiary/aromatic N) is 4. The predicted octanol–water partition coefficient (Wildman–Crippen LogP) is 4.01. The van der Waals surface area contributed by atoms with Gasteiger partial charge in [-0.2, -0.15) is 10.2 Å². The second-order valence-corrected chi connectivity index (χ2v) is 7.93. The van der Waals surface area contributed by atoms with Gasteiger partial charge in [-0.25, -0.2) is 4.90 Å². The van der Waals surface area contributed by atoms with Crippen molar-refractivity contribution in [1.82, 2.24) is 4.90 Å². The van der Waals surface area contributed by atoms with Crippen molar-refractivity contribution >= 4 is 34.8 Å². The average molecular weight is 434 g/mol. The van der Waals surface area contributed by atoms with Gasteiger partial charge in [-0.1, -0.05) is 18.2 Å². The summed E-state index contributed by atoms with van der Waals surface area (Å²) in [6, 6.07) is 15.7. The van der Waals surface area contributed by atoms with Crippen molar-refractivity contribution < 1.29 is 19.1 Å². The number of ether oxygens (including phenoxy) is 1. The molecule has 2 unspecified atom stereocenters. The van der Waals surface area contributed by atoms with Crippen LogP contribution in [0.1, 0.15) is 26.2 Å². The molecule has 0 aliphatic carbocycles. The maximum Gasteiger partial charge on any atom is 0.310 e. The molecule has 2 aromatic rings. The van der Waals surface area contributed by atoms with Crippen molar-refractivity contribution in [3.63, 3.8) is 0 Å². The zero-order valence-electron chi connectivity index (χ0n) is 18.0. The molecule has 2 amide bonds. The van der Waals surface area contributed by atoms with Crippen molar-refractivity contribution in [2.75, 3.05) is 24.6 Å². The number of hydrogen-bond donors (Lipinski definition) is 0. The summed E-state index contributed by atoms with van der Waals surface area (Å²) in [7, 11) is 0. The number of azo groups is 1. The van der Waals surface area contributed by atoms with E-state index in [2.05, 4.69) is 10.2 Å². The third-order valence-corrected chi connectivity index (χ3v) is 5.78. The second kappa shape index (κ2) is 9.82. The van der Waals surface area contributed by atoms with Gasteiger partial charge in [0.2, 0.25) is 5.91 Å². The first-order valence-electron chi connectivity index (χ1n) is 10.9. The number of carbonyl (C=O) groups is 3. The van der Waals surface area contributed by atoms with Crippen molar-refractivity contribution in [2.45, 2.75) is 32.2 Å². The van der Waals surface area contributed by atoms with Crippen molar-refractivity contribution in [3.05, 3.63) is 54.6 Å². The average Bonchev–Trinajstić information content (AvgIpc) is 3.13. The highest BCUT2D eigenvalue weighted by molar-refractivity contribution is 6.22. The number of anilines is 1. The fourth-order valence-corrected chi connectivity index (χ4v) is 4.19. The third-order valence-electron chi connectivity index (χ3n) is 5.78. The van der Waals surface area contributed by atoms with Crippen LogP contribution in [0.25, 0.3) is 0 Å². The molecule has 0 saturated carbocycles. The zero-order valence-corrected chi connectivity index (χ0v) is 18.0. The molecule has 0 aromatic heterocycles. The van der Waals surface area contributed by atoms with Gasteiger partial charge in [0.05, 0.1) is 42.0 Å². The summed E-state index contributed by atoms with van der Waals surface area (Å²) in [6.07, 6.45) is 1.65. The van der Waals surface area contributed by atoms with Crippen LogP contribution in [0.2, 0.25) is 0 Å². The molecular formula is C24H26N4O4. The number of piperidine rings is 1. The molecule has 0 radical (unpaired) electrons. The number of benzene rings is 2. The zero-order chi connectivity index (χ0) is 22.5. The number of imide groups is 1. The Morgan fingerprint density at radius 1 is 1.03 bits per heavy atom. The summed E-state index contributed by atoms with van der Waals surface area (Å²) in [4.78, 5) is 41.1. The van der Waals surface area contributed by atoms with Crippen LogP contribution in [0.4, 0.5) is 17.1 Å². The Balaban J connectivity index is 1.43. The van der Waals surface area contributed by atoms with Crippen LogP contribution in [-0.2, 0) is 19.1 Å². The van der Waals surface area contributed by atoms with Gasteiger partial charge in [-0.05, 0) is 62.7 Å². The fourth-order valence-electron chi connectivity index (χ4n) is 4.19. The topological polar surface area (TPSA) is 91.6 Å². The van der Waals surface area contributed by atoms with E-state index in [1.807, 2.05) is 35.2 Å². The lowest BCUT2D eigenvalue weighted by atomic mass is 9.96. The molecule has 2 fully saturated rings. The van der Waals surface area contributed by atoms with Gasteiger partial charge in [0.15, 0.2) is 0 Å². The molecule has 2 aromatic carbocycles. The molecule has 2 atom stereocenters. The number of amides is 2. The SMILES string of the molecule is CCOC(=O)C1CCCN(C2CC(=O)N(c3ccc(N=Nc4ccccc4)cc3)C2=O)C1. The van der Waals surface area contributed by atoms with E-state index in [4.69, 9.17) is 4.74 Å². The lowest BCUT2D eigenvalue weighted by Crippen LogP contribution is -2.48. The lowest BCUT2D eigenvalue weighted by molar-refractivity contribution is -0.150. The van der Waals surface area contributed by atoms with Crippen LogP contribution in [0.5, 0.6) is 0 Å². The summed E-state index contributed by atoms with van der Waals surface area (Å²) in [6.45, 7) is 3.25. The van der Waals surface area contributed by atoms with Crippen LogP contribution in [0, 0.1) is 5.92 Å². The first-order chi connectivity index (χ1) is 15.6. The highest BCUT2D eigenvalue weighted by Gasteiger charge is 2.44. The molecule has 32 heavy (non-hydrogen) atoms. The third kappa shape index (κ3) is 4.75. The quantitative estimate of drug-likeness (QED) is 0.389. The van der Waals surface area contributed by atoms with E-state index in [1.54, 1.807) is 31.2 Å². The smallest absolute Gasteiger partial charge is 0.310 e. The predicted molar refractivity (Wildman–Crippen MR) is 119 cm³/mol. The minimum Gasteiger partial charge on any atom is -0.466 e. The number of rotatable bonds is 6. The van der Waals surface area contributed by atoms with Crippen molar-refractivity contribution in [3.8, 4) is 0 Å². The van der Waals surface area contributed by atoms with E-state index < -0.39 is 6.04 Å². The first kappa shape index (κ1) is 21.8. The van der Waals surface area contributed by atoms with E-state index in [1.165, 1.54) is 4.90 Å². The lowest BCUT2D eigenvalue weighted by Gasteiger charge is -2.34. The number of hydrogen-bond acceptors (Lipinski definition) is 7.